The zero-order valence-corrected chi connectivity index (χ0v) is 8.72. The van der Waals surface area contributed by atoms with E-state index in [9.17, 15) is 4.79 Å². The molecule has 0 aliphatic heterocycles. The van der Waals surface area contributed by atoms with Gasteiger partial charge >= 0.3 is 5.97 Å². The minimum atomic E-state index is -0.159. The molecule has 0 saturated carbocycles. The maximum atomic E-state index is 11.3. The summed E-state index contributed by atoms with van der Waals surface area (Å²) in [6.45, 7) is 3.19. The van der Waals surface area contributed by atoms with E-state index in [0.717, 1.165) is 19.4 Å². The van der Waals surface area contributed by atoms with E-state index in [0.29, 0.717) is 6.61 Å². The Morgan fingerprint density at radius 1 is 1.46 bits per heavy atom. The molecule has 0 radical (unpaired) electrons. The molecule has 0 aliphatic rings. The van der Waals surface area contributed by atoms with Crippen LogP contribution in [0, 0.1) is 0 Å². The monoisotopic (exact) mass is 188 g/mol. The van der Waals surface area contributed by atoms with Gasteiger partial charge in [0.25, 0.3) is 0 Å². The van der Waals surface area contributed by atoms with Crippen molar-refractivity contribution in [3.63, 3.8) is 0 Å². The molecule has 2 N–H and O–H groups in total. The average Bonchev–Trinajstić information content (AvgIpc) is 2.13. The molecule has 1 atom stereocenters. The zero-order valence-electron chi connectivity index (χ0n) is 8.72. The highest BCUT2D eigenvalue weighted by Crippen LogP contribution is 1.98. The lowest BCUT2D eigenvalue weighted by atomic mass is 10.1. The third-order valence-electron chi connectivity index (χ3n) is 1.84. The Labute approximate surface area is 80.0 Å². The summed E-state index contributed by atoms with van der Waals surface area (Å²) in [5, 5.41) is 5.98. The summed E-state index contributed by atoms with van der Waals surface area (Å²) in [4.78, 5) is 11.3. The Bertz CT molecular complexity index is 140. The Morgan fingerprint density at radius 3 is 2.62 bits per heavy atom. The van der Waals surface area contributed by atoms with Crippen LogP contribution < -0.4 is 10.6 Å². The first-order chi connectivity index (χ1) is 6.26. The van der Waals surface area contributed by atoms with Crippen LogP contribution >= 0.6 is 0 Å². The van der Waals surface area contributed by atoms with Crippen LogP contribution in [0.15, 0.2) is 0 Å². The topological polar surface area (TPSA) is 50.4 Å². The van der Waals surface area contributed by atoms with Gasteiger partial charge in [0.2, 0.25) is 0 Å². The molecule has 13 heavy (non-hydrogen) atoms. The maximum absolute atomic E-state index is 11.3. The van der Waals surface area contributed by atoms with Crippen molar-refractivity contribution in [3.8, 4) is 0 Å². The number of carbonyl (C=O) groups is 1. The second kappa shape index (κ2) is 8.01. The number of hydrogen-bond acceptors (Lipinski definition) is 4. The molecule has 0 fully saturated rings. The van der Waals surface area contributed by atoms with E-state index in [1.807, 2.05) is 14.0 Å². The standard InChI is InChI=1S/C9H20N2O2/c1-4-13-9(12)8(11-3)6-5-7-10-2/h8,10-11H,4-7H2,1-3H3. The van der Waals surface area contributed by atoms with Crippen LogP contribution in [0.25, 0.3) is 0 Å². The fourth-order valence-electron chi connectivity index (χ4n) is 1.11. The highest BCUT2D eigenvalue weighted by atomic mass is 16.5. The summed E-state index contributed by atoms with van der Waals surface area (Å²) in [6, 6.07) is -0.159. The molecule has 0 spiro atoms. The van der Waals surface area contributed by atoms with Crippen molar-refractivity contribution >= 4 is 5.97 Å². The Hall–Kier alpha value is -0.610. The number of rotatable bonds is 7. The van der Waals surface area contributed by atoms with Gasteiger partial charge in [0.1, 0.15) is 6.04 Å². The van der Waals surface area contributed by atoms with Crippen molar-refractivity contribution < 1.29 is 9.53 Å². The number of likely N-dealkylation sites (N-methyl/N-ethyl adjacent to an activating group) is 1. The minimum Gasteiger partial charge on any atom is -0.465 e. The molecule has 78 valence electrons. The lowest BCUT2D eigenvalue weighted by Crippen LogP contribution is -2.36. The third-order valence-corrected chi connectivity index (χ3v) is 1.84. The second-order valence-electron chi connectivity index (χ2n) is 2.84. The first-order valence-electron chi connectivity index (χ1n) is 4.74. The van der Waals surface area contributed by atoms with Crippen LogP contribution in [0.5, 0.6) is 0 Å². The SMILES string of the molecule is CCOC(=O)C(CCCNC)NC. The molecule has 0 rings (SSSR count). The van der Waals surface area contributed by atoms with Crippen LogP contribution in [0.2, 0.25) is 0 Å². The summed E-state index contributed by atoms with van der Waals surface area (Å²) < 4.78 is 4.90. The van der Waals surface area contributed by atoms with Crippen LogP contribution in [0.4, 0.5) is 0 Å². The van der Waals surface area contributed by atoms with Crippen LogP contribution in [-0.2, 0) is 9.53 Å². The van der Waals surface area contributed by atoms with Gasteiger partial charge in [-0.25, -0.2) is 0 Å². The van der Waals surface area contributed by atoms with E-state index in [-0.39, 0.29) is 12.0 Å². The van der Waals surface area contributed by atoms with Crippen molar-refractivity contribution in [2.45, 2.75) is 25.8 Å². The molecule has 0 saturated heterocycles. The average molecular weight is 188 g/mol. The molecular formula is C9H20N2O2. The van der Waals surface area contributed by atoms with E-state index < -0.39 is 0 Å². The van der Waals surface area contributed by atoms with Gasteiger partial charge in [0.05, 0.1) is 6.61 Å². The first kappa shape index (κ1) is 12.4. The van der Waals surface area contributed by atoms with Gasteiger partial charge in [-0.1, -0.05) is 0 Å². The smallest absolute Gasteiger partial charge is 0.323 e. The lowest BCUT2D eigenvalue weighted by molar-refractivity contribution is -0.145. The summed E-state index contributed by atoms with van der Waals surface area (Å²) in [5.74, 6) is -0.152. The molecular weight excluding hydrogens is 168 g/mol. The molecule has 0 aromatic carbocycles. The highest BCUT2D eigenvalue weighted by Gasteiger charge is 2.16. The molecule has 0 heterocycles. The zero-order chi connectivity index (χ0) is 10.1. The predicted octanol–water partition coefficient (Wildman–Crippen LogP) is 0.137. The fraction of sp³-hybridized carbons (Fsp3) is 0.889. The number of esters is 1. The normalized spacial score (nSPS) is 12.5. The number of carbonyl (C=O) groups excluding carboxylic acids is 1. The van der Waals surface area contributed by atoms with Crippen LogP contribution in [0.1, 0.15) is 19.8 Å². The quantitative estimate of drug-likeness (QED) is 0.441. The number of ether oxygens (including phenoxy) is 1. The molecule has 0 aromatic heterocycles. The molecule has 4 nitrogen and oxygen atoms in total. The van der Waals surface area contributed by atoms with Gasteiger partial charge in [-0.15, -0.1) is 0 Å². The van der Waals surface area contributed by atoms with Crippen molar-refractivity contribution in [2.24, 2.45) is 0 Å². The summed E-state index contributed by atoms with van der Waals surface area (Å²) >= 11 is 0. The third kappa shape index (κ3) is 5.60. The number of hydrogen-bond donors (Lipinski definition) is 2. The second-order valence-corrected chi connectivity index (χ2v) is 2.84. The largest absolute Gasteiger partial charge is 0.465 e. The van der Waals surface area contributed by atoms with Gasteiger partial charge in [-0.05, 0) is 40.4 Å². The van der Waals surface area contributed by atoms with E-state index >= 15 is 0 Å². The summed E-state index contributed by atoms with van der Waals surface area (Å²) in [7, 11) is 3.68. The van der Waals surface area contributed by atoms with Gasteiger partial charge in [0, 0.05) is 0 Å². The molecule has 0 aromatic rings. The molecule has 1 unspecified atom stereocenters. The summed E-state index contributed by atoms with van der Waals surface area (Å²) in [6.07, 6.45) is 1.79. The van der Waals surface area contributed by atoms with Crippen molar-refractivity contribution in [3.05, 3.63) is 0 Å². The maximum Gasteiger partial charge on any atom is 0.323 e. The summed E-state index contributed by atoms with van der Waals surface area (Å²) in [5.41, 5.74) is 0. The Balaban J connectivity index is 3.67. The molecule has 0 amide bonds. The van der Waals surface area contributed by atoms with E-state index in [2.05, 4.69) is 10.6 Å². The van der Waals surface area contributed by atoms with E-state index in [1.165, 1.54) is 0 Å². The van der Waals surface area contributed by atoms with Crippen LogP contribution in [0.3, 0.4) is 0 Å². The van der Waals surface area contributed by atoms with Gasteiger partial charge < -0.3 is 15.4 Å². The minimum absolute atomic E-state index is 0.152. The first-order valence-corrected chi connectivity index (χ1v) is 4.74. The molecule has 0 bridgehead atoms. The van der Waals surface area contributed by atoms with Crippen molar-refractivity contribution in [2.75, 3.05) is 27.2 Å². The van der Waals surface area contributed by atoms with Gasteiger partial charge in [0.15, 0.2) is 0 Å². The van der Waals surface area contributed by atoms with Crippen LogP contribution in [-0.4, -0.2) is 39.3 Å². The fourth-order valence-corrected chi connectivity index (χ4v) is 1.11. The Kier molecular flexibility index (Phi) is 7.63. The molecule has 4 heteroatoms. The van der Waals surface area contributed by atoms with E-state index in [1.54, 1.807) is 7.05 Å². The van der Waals surface area contributed by atoms with Gasteiger partial charge in [-0.3, -0.25) is 4.79 Å². The van der Waals surface area contributed by atoms with Crippen molar-refractivity contribution in [1.29, 1.82) is 0 Å². The number of nitrogens with one attached hydrogen (secondary N) is 2. The molecule has 0 aliphatic carbocycles. The Morgan fingerprint density at radius 2 is 2.15 bits per heavy atom. The van der Waals surface area contributed by atoms with E-state index in [4.69, 9.17) is 4.74 Å². The lowest BCUT2D eigenvalue weighted by Gasteiger charge is -2.13. The predicted molar refractivity (Wildman–Crippen MR) is 52.6 cm³/mol. The highest BCUT2D eigenvalue weighted by molar-refractivity contribution is 5.75. The van der Waals surface area contributed by atoms with Gasteiger partial charge in [-0.2, -0.15) is 0 Å². The van der Waals surface area contributed by atoms with Crippen molar-refractivity contribution in [1.82, 2.24) is 10.6 Å².